The summed E-state index contributed by atoms with van der Waals surface area (Å²) in [5.74, 6) is 4.59. The van der Waals surface area contributed by atoms with Gasteiger partial charge in [-0.3, -0.25) is 0 Å². The molecule has 3 aliphatic rings. The van der Waals surface area contributed by atoms with Crippen molar-refractivity contribution in [2.45, 2.75) is 50.2 Å². The summed E-state index contributed by atoms with van der Waals surface area (Å²) in [6.07, 6.45) is 9.00. The lowest BCUT2D eigenvalue weighted by Gasteiger charge is -2.26. The van der Waals surface area contributed by atoms with Gasteiger partial charge in [0.2, 0.25) is 0 Å². The molecule has 2 aliphatic carbocycles. The number of nitrogens with one attached hydrogen (secondary N) is 1. The van der Waals surface area contributed by atoms with Crippen LogP contribution in [0.3, 0.4) is 0 Å². The Morgan fingerprint density at radius 2 is 2.25 bits per heavy atom. The van der Waals surface area contributed by atoms with E-state index in [2.05, 4.69) is 24.0 Å². The fourth-order valence-corrected chi connectivity index (χ4v) is 5.40. The number of hydrogen-bond donors (Lipinski definition) is 1. The topological polar surface area (TPSA) is 12.0 Å². The Hall–Kier alpha value is 0.310. The van der Waals surface area contributed by atoms with E-state index in [-0.39, 0.29) is 0 Å². The summed E-state index contributed by atoms with van der Waals surface area (Å²) in [5, 5.41) is 3.77. The molecule has 1 N–H and O–H groups in total. The highest BCUT2D eigenvalue weighted by Crippen LogP contribution is 2.48. The first-order chi connectivity index (χ1) is 7.75. The third kappa shape index (κ3) is 2.28. The zero-order valence-electron chi connectivity index (χ0n) is 10.5. The third-order valence-corrected chi connectivity index (χ3v) is 6.63. The van der Waals surface area contributed by atoms with Crippen molar-refractivity contribution in [3.05, 3.63) is 0 Å². The van der Waals surface area contributed by atoms with Crippen LogP contribution in [0.2, 0.25) is 0 Å². The average Bonchev–Trinajstić information content (AvgIpc) is 2.94. The van der Waals surface area contributed by atoms with Gasteiger partial charge in [-0.05, 0) is 69.1 Å². The van der Waals surface area contributed by atoms with Crippen LogP contribution < -0.4 is 5.32 Å². The molecule has 2 saturated carbocycles. The number of fused-ring (bicyclic) bond motifs is 2. The van der Waals surface area contributed by atoms with E-state index < -0.39 is 0 Å². The normalized spacial score (nSPS) is 46.7. The van der Waals surface area contributed by atoms with Gasteiger partial charge in [-0.25, -0.2) is 0 Å². The molecular weight excluding hydrogens is 214 g/mol. The quantitative estimate of drug-likeness (QED) is 0.808. The molecule has 0 amide bonds. The Morgan fingerprint density at radius 3 is 2.88 bits per heavy atom. The van der Waals surface area contributed by atoms with Crippen LogP contribution in [0.1, 0.15) is 45.4 Å². The van der Waals surface area contributed by atoms with Gasteiger partial charge in [-0.2, -0.15) is 11.8 Å². The molecule has 92 valence electrons. The van der Waals surface area contributed by atoms with Crippen LogP contribution in [0, 0.1) is 17.8 Å². The predicted octanol–water partition coefficient (Wildman–Crippen LogP) is 3.30. The summed E-state index contributed by atoms with van der Waals surface area (Å²) in [5.41, 5.74) is 0. The van der Waals surface area contributed by atoms with Crippen molar-refractivity contribution in [3.63, 3.8) is 0 Å². The van der Waals surface area contributed by atoms with E-state index in [9.17, 15) is 0 Å². The van der Waals surface area contributed by atoms with Crippen molar-refractivity contribution in [2.24, 2.45) is 17.8 Å². The molecule has 3 fully saturated rings. The lowest BCUT2D eigenvalue weighted by molar-refractivity contribution is 0.315. The molecule has 1 saturated heterocycles. The Bertz CT molecular complexity index is 247. The molecule has 2 bridgehead atoms. The van der Waals surface area contributed by atoms with Gasteiger partial charge in [-0.15, -0.1) is 0 Å². The van der Waals surface area contributed by atoms with Gasteiger partial charge in [0.25, 0.3) is 0 Å². The van der Waals surface area contributed by atoms with Gasteiger partial charge in [-0.1, -0.05) is 6.42 Å². The van der Waals surface area contributed by atoms with E-state index in [0.717, 1.165) is 17.8 Å². The summed E-state index contributed by atoms with van der Waals surface area (Å²) in [6, 6.07) is 0. The van der Waals surface area contributed by atoms with Crippen molar-refractivity contribution >= 4 is 11.8 Å². The van der Waals surface area contributed by atoms with Gasteiger partial charge in [0, 0.05) is 11.3 Å². The second-order valence-corrected chi connectivity index (χ2v) is 8.15. The zero-order valence-corrected chi connectivity index (χ0v) is 11.3. The first-order valence-corrected chi connectivity index (χ1v) is 8.08. The maximum Gasteiger partial charge on any atom is 0.0256 e. The fourth-order valence-electron chi connectivity index (χ4n) is 4.12. The van der Waals surface area contributed by atoms with Crippen LogP contribution in [0.4, 0.5) is 0 Å². The summed E-state index contributed by atoms with van der Waals surface area (Å²) in [7, 11) is 0. The van der Waals surface area contributed by atoms with E-state index >= 15 is 0 Å². The number of thioether (sulfide) groups is 1. The maximum atomic E-state index is 3.77. The molecule has 3 rings (SSSR count). The molecule has 0 aromatic rings. The molecule has 1 nitrogen and oxygen atoms in total. The molecule has 0 aromatic carbocycles. The van der Waals surface area contributed by atoms with E-state index in [1.54, 1.807) is 6.42 Å². The second-order valence-electron chi connectivity index (χ2n) is 6.47. The molecule has 0 spiro atoms. The molecular formula is C14H25NS. The third-order valence-electron chi connectivity index (χ3n) is 5.09. The standard InChI is InChI=1S/C14H25NS/c1-14(5-2-6-16-14)10-15-9-13-8-11-3-4-12(13)7-11/h11-13,15H,2-10H2,1H3. The second kappa shape index (κ2) is 4.53. The number of rotatable bonds is 4. The first-order valence-electron chi connectivity index (χ1n) is 7.10. The lowest BCUT2D eigenvalue weighted by Crippen LogP contribution is -2.36. The monoisotopic (exact) mass is 239 g/mol. The Morgan fingerprint density at radius 1 is 1.31 bits per heavy atom. The molecule has 1 heterocycles. The minimum atomic E-state index is 0.553. The van der Waals surface area contributed by atoms with Crippen LogP contribution in [0.5, 0.6) is 0 Å². The largest absolute Gasteiger partial charge is 0.315 e. The minimum absolute atomic E-state index is 0.553. The highest BCUT2D eigenvalue weighted by molar-refractivity contribution is 8.00. The van der Waals surface area contributed by atoms with Crippen molar-refractivity contribution in [3.8, 4) is 0 Å². The minimum Gasteiger partial charge on any atom is -0.315 e. The summed E-state index contributed by atoms with van der Waals surface area (Å²) >= 11 is 2.18. The molecule has 0 aromatic heterocycles. The van der Waals surface area contributed by atoms with Crippen LogP contribution >= 0.6 is 11.8 Å². The van der Waals surface area contributed by atoms with Crippen LogP contribution in [0.15, 0.2) is 0 Å². The molecule has 0 radical (unpaired) electrons. The summed E-state index contributed by atoms with van der Waals surface area (Å²) in [4.78, 5) is 0. The fraction of sp³-hybridized carbons (Fsp3) is 1.00. The van der Waals surface area contributed by atoms with E-state index in [4.69, 9.17) is 0 Å². The van der Waals surface area contributed by atoms with Crippen LogP contribution in [-0.2, 0) is 0 Å². The Balaban J connectivity index is 1.40. The Labute approximate surface area is 104 Å². The van der Waals surface area contributed by atoms with Gasteiger partial charge >= 0.3 is 0 Å². The zero-order chi connectivity index (χ0) is 11.0. The molecule has 4 unspecified atom stereocenters. The molecule has 1 aliphatic heterocycles. The summed E-state index contributed by atoms with van der Waals surface area (Å²) in [6.45, 7) is 4.99. The van der Waals surface area contributed by atoms with Gasteiger partial charge in [0.05, 0.1) is 0 Å². The van der Waals surface area contributed by atoms with E-state index in [1.807, 2.05) is 0 Å². The Kier molecular flexibility index (Phi) is 3.23. The van der Waals surface area contributed by atoms with Gasteiger partial charge in [0.1, 0.15) is 0 Å². The van der Waals surface area contributed by atoms with Crippen molar-refractivity contribution < 1.29 is 0 Å². The van der Waals surface area contributed by atoms with Crippen molar-refractivity contribution in [2.75, 3.05) is 18.8 Å². The predicted molar refractivity (Wildman–Crippen MR) is 71.9 cm³/mol. The molecule has 2 heteroatoms. The van der Waals surface area contributed by atoms with Crippen LogP contribution in [0.25, 0.3) is 0 Å². The lowest BCUT2D eigenvalue weighted by atomic mass is 9.89. The molecule has 16 heavy (non-hydrogen) atoms. The number of hydrogen-bond acceptors (Lipinski definition) is 2. The van der Waals surface area contributed by atoms with Gasteiger partial charge < -0.3 is 5.32 Å². The van der Waals surface area contributed by atoms with E-state index in [0.29, 0.717) is 4.75 Å². The smallest absolute Gasteiger partial charge is 0.0256 e. The van der Waals surface area contributed by atoms with Crippen molar-refractivity contribution in [1.29, 1.82) is 0 Å². The molecule has 4 atom stereocenters. The van der Waals surface area contributed by atoms with Crippen molar-refractivity contribution in [1.82, 2.24) is 5.32 Å². The van der Waals surface area contributed by atoms with Gasteiger partial charge in [0.15, 0.2) is 0 Å². The van der Waals surface area contributed by atoms with E-state index in [1.165, 1.54) is 50.9 Å². The SMILES string of the molecule is CC1(CNCC2CC3CCC2C3)CCCS1. The highest BCUT2D eigenvalue weighted by Gasteiger charge is 2.39. The maximum absolute atomic E-state index is 3.77. The average molecular weight is 239 g/mol. The highest BCUT2D eigenvalue weighted by atomic mass is 32.2. The summed E-state index contributed by atoms with van der Waals surface area (Å²) < 4.78 is 0.553. The first kappa shape index (κ1) is 11.4. The van der Waals surface area contributed by atoms with Crippen LogP contribution in [-0.4, -0.2) is 23.6 Å².